The van der Waals surface area contributed by atoms with Crippen LogP contribution in [0.2, 0.25) is 0 Å². The third-order valence-corrected chi connectivity index (χ3v) is 2.95. The van der Waals surface area contributed by atoms with Crippen molar-refractivity contribution in [2.45, 2.75) is 6.92 Å². The van der Waals surface area contributed by atoms with Gasteiger partial charge < -0.3 is 15.2 Å². The number of ether oxygens (including phenoxy) is 1. The molecule has 0 aliphatic rings. The molecular formula is C14H15N3O5. The molecule has 0 unspecified atom stereocenters. The smallest absolute Gasteiger partial charge is 0.335 e. The van der Waals surface area contributed by atoms with E-state index in [0.29, 0.717) is 12.4 Å². The first kappa shape index (κ1) is 15.4. The highest BCUT2D eigenvalue weighted by atomic mass is 16.5. The molecule has 0 aliphatic heterocycles. The number of carbonyl (C=O) groups excluding carboxylic acids is 1. The zero-order chi connectivity index (χ0) is 16.3. The second kappa shape index (κ2) is 6.17. The van der Waals surface area contributed by atoms with E-state index in [4.69, 9.17) is 4.74 Å². The van der Waals surface area contributed by atoms with Crippen LogP contribution in [0.1, 0.15) is 17.3 Å². The number of aromatic hydroxyl groups is 1. The van der Waals surface area contributed by atoms with E-state index in [1.165, 1.54) is 19.2 Å². The summed E-state index contributed by atoms with van der Waals surface area (Å²) in [7, 11) is 1.31. The van der Waals surface area contributed by atoms with Crippen molar-refractivity contribution < 1.29 is 14.6 Å². The summed E-state index contributed by atoms with van der Waals surface area (Å²) >= 11 is 0. The lowest BCUT2D eigenvalue weighted by molar-refractivity contribution is 0.0957. The summed E-state index contributed by atoms with van der Waals surface area (Å²) in [6.07, 6.45) is 0. The third-order valence-electron chi connectivity index (χ3n) is 2.95. The number of rotatable bonds is 4. The molecule has 0 bridgehead atoms. The van der Waals surface area contributed by atoms with E-state index in [2.05, 4.69) is 5.32 Å². The molecule has 1 amide bonds. The number of benzene rings is 1. The minimum absolute atomic E-state index is 0.285. The Balaban J connectivity index is 2.62. The average Bonchev–Trinajstić information content (AvgIpc) is 2.48. The Hall–Kier alpha value is -3.03. The lowest BCUT2D eigenvalue weighted by Crippen LogP contribution is -2.35. The number of hydrogen-bond donors (Lipinski definition) is 3. The van der Waals surface area contributed by atoms with Gasteiger partial charge in [0.05, 0.1) is 12.3 Å². The molecule has 22 heavy (non-hydrogen) atoms. The SMILES string of the molecule is CCOc1ccc(-n2c(O)c(C(=O)NC)c(=O)[nH]c2=O)cc1. The van der Waals surface area contributed by atoms with Crippen molar-refractivity contribution in [3.05, 3.63) is 50.7 Å². The molecule has 0 atom stereocenters. The third kappa shape index (κ3) is 2.71. The van der Waals surface area contributed by atoms with Gasteiger partial charge in [0, 0.05) is 7.05 Å². The molecule has 1 heterocycles. The van der Waals surface area contributed by atoms with E-state index in [0.717, 1.165) is 4.57 Å². The fraction of sp³-hybridized carbons (Fsp3) is 0.214. The molecule has 0 aliphatic carbocycles. The van der Waals surface area contributed by atoms with Gasteiger partial charge in [0.1, 0.15) is 5.75 Å². The van der Waals surface area contributed by atoms with Crippen molar-refractivity contribution in [2.24, 2.45) is 0 Å². The average molecular weight is 305 g/mol. The number of nitrogens with zero attached hydrogens (tertiary/aromatic N) is 1. The van der Waals surface area contributed by atoms with E-state index in [-0.39, 0.29) is 5.69 Å². The molecule has 0 fully saturated rings. The van der Waals surface area contributed by atoms with Gasteiger partial charge in [-0.25, -0.2) is 9.36 Å². The van der Waals surface area contributed by atoms with Crippen LogP contribution in [-0.2, 0) is 0 Å². The summed E-state index contributed by atoms with van der Waals surface area (Å²) in [6, 6.07) is 6.26. The monoisotopic (exact) mass is 305 g/mol. The maximum Gasteiger partial charge on any atom is 0.335 e. The fourth-order valence-electron chi connectivity index (χ4n) is 1.95. The van der Waals surface area contributed by atoms with Gasteiger partial charge in [-0.2, -0.15) is 0 Å². The predicted molar refractivity (Wildman–Crippen MR) is 78.9 cm³/mol. The zero-order valence-corrected chi connectivity index (χ0v) is 12.0. The summed E-state index contributed by atoms with van der Waals surface area (Å²) in [6.45, 7) is 2.33. The number of amides is 1. The van der Waals surface area contributed by atoms with E-state index in [9.17, 15) is 19.5 Å². The molecule has 8 heteroatoms. The first-order valence-corrected chi connectivity index (χ1v) is 6.53. The largest absolute Gasteiger partial charge is 0.494 e. The van der Waals surface area contributed by atoms with Crippen molar-refractivity contribution in [2.75, 3.05) is 13.7 Å². The Morgan fingerprint density at radius 1 is 1.32 bits per heavy atom. The Kier molecular flexibility index (Phi) is 4.31. The molecule has 2 aromatic rings. The fourth-order valence-corrected chi connectivity index (χ4v) is 1.95. The number of nitrogens with one attached hydrogen (secondary N) is 2. The van der Waals surface area contributed by atoms with Crippen LogP contribution in [0.5, 0.6) is 11.6 Å². The number of H-pyrrole nitrogens is 1. The van der Waals surface area contributed by atoms with Crippen molar-refractivity contribution in [3.63, 3.8) is 0 Å². The Morgan fingerprint density at radius 3 is 2.50 bits per heavy atom. The van der Waals surface area contributed by atoms with Gasteiger partial charge >= 0.3 is 5.69 Å². The van der Waals surface area contributed by atoms with Gasteiger partial charge in [-0.1, -0.05) is 0 Å². The Labute approximate surface area is 125 Å². The first-order chi connectivity index (χ1) is 10.5. The quantitative estimate of drug-likeness (QED) is 0.735. The lowest BCUT2D eigenvalue weighted by atomic mass is 10.2. The summed E-state index contributed by atoms with van der Waals surface area (Å²) in [5.74, 6) is -0.926. The Bertz CT molecular complexity index is 805. The topological polar surface area (TPSA) is 113 Å². The molecule has 8 nitrogen and oxygen atoms in total. The first-order valence-electron chi connectivity index (χ1n) is 6.53. The number of hydrogen-bond acceptors (Lipinski definition) is 5. The molecule has 0 saturated heterocycles. The summed E-state index contributed by atoms with van der Waals surface area (Å²) < 4.78 is 6.12. The Morgan fingerprint density at radius 2 is 1.95 bits per heavy atom. The summed E-state index contributed by atoms with van der Waals surface area (Å²) in [5.41, 5.74) is -2.05. The minimum Gasteiger partial charge on any atom is -0.494 e. The van der Waals surface area contributed by atoms with E-state index < -0.39 is 28.6 Å². The second-order valence-electron chi connectivity index (χ2n) is 4.30. The maximum absolute atomic E-state index is 11.9. The molecule has 0 radical (unpaired) electrons. The van der Waals surface area contributed by atoms with Crippen LogP contribution in [0, 0.1) is 0 Å². The molecule has 1 aromatic carbocycles. The maximum atomic E-state index is 11.9. The lowest BCUT2D eigenvalue weighted by Gasteiger charge is -2.11. The van der Waals surface area contributed by atoms with Crippen LogP contribution >= 0.6 is 0 Å². The zero-order valence-electron chi connectivity index (χ0n) is 12.0. The van der Waals surface area contributed by atoms with Crippen LogP contribution in [0.3, 0.4) is 0 Å². The molecule has 0 spiro atoms. The van der Waals surface area contributed by atoms with Crippen molar-refractivity contribution >= 4 is 5.91 Å². The van der Waals surface area contributed by atoms with Crippen LogP contribution < -0.4 is 21.3 Å². The van der Waals surface area contributed by atoms with Crippen LogP contribution in [-0.4, -0.2) is 34.2 Å². The van der Waals surface area contributed by atoms with Gasteiger partial charge in [0.2, 0.25) is 5.88 Å². The number of carbonyl (C=O) groups is 1. The van der Waals surface area contributed by atoms with Gasteiger partial charge in [-0.3, -0.25) is 14.6 Å². The van der Waals surface area contributed by atoms with Gasteiger partial charge in [-0.15, -0.1) is 0 Å². The van der Waals surface area contributed by atoms with Crippen LogP contribution in [0.25, 0.3) is 5.69 Å². The second-order valence-corrected chi connectivity index (χ2v) is 4.30. The van der Waals surface area contributed by atoms with Crippen molar-refractivity contribution in [1.29, 1.82) is 0 Å². The number of aromatic amines is 1. The molecule has 116 valence electrons. The molecular weight excluding hydrogens is 290 g/mol. The molecule has 0 saturated carbocycles. The highest BCUT2D eigenvalue weighted by molar-refractivity contribution is 5.95. The van der Waals surface area contributed by atoms with Crippen molar-refractivity contribution in [3.8, 4) is 17.3 Å². The van der Waals surface area contributed by atoms with Gasteiger partial charge in [0.15, 0.2) is 5.56 Å². The minimum atomic E-state index is -0.955. The highest BCUT2D eigenvalue weighted by Gasteiger charge is 2.20. The predicted octanol–water partition coefficient (Wildman–Crippen LogP) is -0.0103. The number of aromatic nitrogens is 2. The normalized spacial score (nSPS) is 10.3. The van der Waals surface area contributed by atoms with E-state index in [1.54, 1.807) is 12.1 Å². The van der Waals surface area contributed by atoms with Crippen LogP contribution in [0.4, 0.5) is 0 Å². The van der Waals surface area contributed by atoms with Crippen molar-refractivity contribution in [1.82, 2.24) is 14.9 Å². The molecule has 2 rings (SSSR count). The molecule has 3 N–H and O–H groups in total. The summed E-state index contributed by atoms with van der Waals surface area (Å²) in [4.78, 5) is 37.3. The van der Waals surface area contributed by atoms with Gasteiger partial charge in [-0.05, 0) is 31.2 Å². The van der Waals surface area contributed by atoms with E-state index >= 15 is 0 Å². The standard InChI is InChI=1S/C14H15N3O5/c1-3-22-9-6-4-8(5-7-9)17-13(20)10(11(18)15-2)12(19)16-14(17)21/h4-7,20H,3H2,1-2H3,(H,15,18)(H,16,19,21). The van der Waals surface area contributed by atoms with Crippen LogP contribution in [0.15, 0.2) is 33.9 Å². The summed E-state index contributed by atoms with van der Waals surface area (Å²) in [5, 5.41) is 12.4. The molecule has 1 aromatic heterocycles. The van der Waals surface area contributed by atoms with E-state index in [1.807, 2.05) is 11.9 Å². The highest BCUT2D eigenvalue weighted by Crippen LogP contribution is 2.19. The van der Waals surface area contributed by atoms with Gasteiger partial charge in [0.25, 0.3) is 11.5 Å².